The lowest BCUT2D eigenvalue weighted by Gasteiger charge is -2.41. The summed E-state index contributed by atoms with van der Waals surface area (Å²) in [5.41, 5.74) is 3.16. The maximum atomic E-state index is 12.5. The number of aromatic nitrogens is 2. The van der Waals surface area contributed by atoms with Gasteiger partial charge in [0.25, 0.3) is 0 Å². The molecule has 3 aromatic rings. The smallest absolute Gasteiger partial charge is 0.318 e. The van der Waals surface area contributed by atoms with E-state index in [1.165, 1.54) is 6.08 Å². The van der Waals surface area contributed by atoms with Crippen LogP contribution in [0.25, 0.3) is 15.6 Å². The van der Waals surface area contributed by atoms with Crippen LogP contribution in [0.5, 0.6) is 6.01 Å². The molecule has 0 bridgehead atoms. The van der Waals surface area contributed by atoms with Crippen molar-refractivity contribution < 1.29 is 9.53 Å². The Labute approximate surface area is 252 Å². The van der Waals surface area contributed by atoms with Crippen LogP contribution in [0.4, 0.5) is 11.5 Å². The van der Waals surface area contributed by atoms with E-state index < -0.39 is 0 Å². The quantitative estimate of drug-likeness (QED) is 0.286. The van der Waals surface area contributed by atoms with Crippen LogP contribution in [-0.4, -0.2) is 90.7 Å². The largest absolute Gasteiger partial charge is 0.461 e. The molecule has 3 heterocycles. The first-order chi connectivity index (χ1) is 20.3. The second-order valence-corrected chi connectivity index (χ2v) is 12.0. The first kappa shape index (κ1) is 28.3. The van der Waals surface area contributed by atoms with Gasteiger partial charge in [-0.1, -0.05) is 42.4 Å². The molecular formula is C32H36ClN7O2. The van der Waals surface area contributed by atoms with Crippen LogP contribution < -0.4 is 14.5 Å². The Morgan fingerprint density at radius 1 is 1.19 bits per heavy atom. The van der Waals surface area contributed by atoms with Gasteiger partial charge in [-0.3, -0.25) is 4.79 Å². The molecule has 2 aromatic carbocycles. The number of hydrogen-bond acceptors (Lipinski definition) is 7. The molecule has 2 fully saturated rings. The Balaban J connectivity index is 1.35. The monoisotopic (exact) mass is 585 g/mol. The number of carbonyl (C=O) groups excluding carboxylic acids is 1. The van der Waals surface area contributed by atoms with Crippen LogP contribution in [0.1, 0.15) is 24.1 Å². The zero-order chi connectivity index (χ0) is 29.4. The molecule has 1 atom stereocenters. The molecule has 42 heavy (non-hydrogen) atoms. The van der Waals surface area contributed by atoms with Gasteiger partial charge in [-0.05, 0) is 57.0 Å². The van der Waals surface area contributed by atoms with Crippen LogP contribution in [-0.2, 0) is 17.8 Å². The third-order valence-electron chi connectivity index (χ3n) is 8.98. The Kier molecular flexibility index (Phi) is 7.69. The van der Waals surface area contributed by atoms with E-state index in [0.29, 0.717) is 38.8 Å². The summed E-state index contributed by atoms with van der Waals surface area (Å²) < 4.78 is 6.32. The summed E-state index contributed by atoms with van der Waals surface area (Å²) in [4.78, 5) is 34.6. The lowest BCUT2D eigenvalue weighted by Crippen LogP contribution is -2.56. The number of amides is 1. The highest BCUT2D eigenvalue weighted by molar-refractivity contribution is 6.36. The minimum absolute atomic E-state index is 0.0303. The highest BCUT2D eigenvalue weighted by atomic mass is 35.5. The van der Waals surface area contributed by atoms with Crippen molar-refractivity contribution in [3.8, 4) is 6.01 Å². The SMILES string of the molecule is [C-]#[N+]C[C@H]1CN(c2nc(OCC3(N(C)C)CC3)nc3c2CCN(c2cccc4cccc(Cl)c24)C3)CCN1C(=O)C=C. The molecular weight excluding hydrogens is 550 g/mol. The molecule has 0 N–H and O–H groups in total. The number of carbonyl (C=O) groups is 1. The van der Waals surface area contributed by atoms with Gasteiger partial charge in [-0.2, -0.15) is 9.97 Å². The van der Waals surface area contributed by atoms with Gasteiger partial charge in [0.2, 0.25) is 12.5 Å². The summed E-state index contributed by atoms with van der Waals surface area (Å²) in [6, 6.07) is 12.4. The number of fused-ring (bicyclic) bond motifs is 2. The average molecular weight is 586 g/mol. The lowest BCUT2D eigenvalue weighted by atomic mass is 10.0. The van der Waals surface area contributed by atoms with E-state index in [-0.39, 0.29) is 24.0 Å². The number of likely N-dealkylation sites (N-methyl/N-ethyl adjacent to an activating group) is 1. The minimum Gasteiger partial charge on any atom is -0.461 e. The number of anilines is 2. The van der Waals surface area contributed by atoms with E-state index in [4.69, 9.17) is 32.9 Å². The number of hydrogen-bond donors (Lipinski definition) is 0. The van der Waals surface area contributed by atoms with Crippen molar-refractivity contribution in [2.45, 2.75) is 37.4 Å². The van der Waals surface area contributed by atoms with Crippen molar-refractivity contribution in [3.63, 3.8) is 0 Å². The molecule has 1 saturated carbocycles. The third-order valence-corrected chi connectivity index (χ3v) is 9.30. The number of halogens is 1. The van der Waals surface area contributed by atoms with Gasteiger partial charge >= 0.3 is 6.01 Å². The summed E-state index contributed by atoms with van der Waals surface area (Å²) in [6.45, 7) is 14.9. The maximum absolute atomic E-state index is 12.5. The molecule has 10 heteroatoms. The Morgan fingerprint density at radius 2 is 1.98 bits per heavy atom. The molecule has 218 valence electrons. The zero-order valence-corrected chi connectivity index (χ0v) is 25.0. The molecule has 0 spiro atoms. The second-order valence-electron chi connectivity index (χ2n) is 11.6. The van der Waals surface area contributed by atoms with Gasteiger partial charge in [0.1, 0.15) is 18.5 Å². The second kappa shape index (κ2) is 11.4. The summed E-state index contributed by atoms with van der Waals surface area (Å²) in [6.07, 6.45) is 4.26. The molecule has 6 rings (SSSR count). The predicted molar refractivity (Wildman–Crippen MR) is 166 cm³/mol. The van der Waals surface area contributed by atoms with Crippen LogP contribution >= 0.6 is 11.6 Å². The zero-order valence-electron chi connectivity index (χ0n) is 24.2. The van der Waals surface area contributed by atoms with Gasteiger partial charge in [0, 0.05) is 42.8 Å². The number of ether oxygens (including phenoxy) is 1. The summed E-state index contributed by atoms with van der Waals surface area (Å²) in [5.74, 6) is 0.709. The first-order valence-electron chi connectivity index (χ1n) is 14.5. The van der Waals surface area contributed by atoms with Gasteiger partial charge in [-0.25, -0.2) is 6.57 Å². The van der Waals surface area contributed by atoms with Crippen LogP contribution in [0.2, 0.25) is 5.02 Å². The fourth-order valence-electron chi connectivity index (χ4n) is 6.24. The summed E-state index contributed by atoms with van der Waals surface area (Å²) in [5, 5.41) is 2.88. The van der Waals surface area contributed by atoms with E-state index in [1.54, 1.807) is 4.90 Å². The van der Waals surface area contributed by atoms with Gasteiger partial charge in [0.15, 0.2) is 0 Å². The van der Waals surface area contributed by atoms with Crippen molar-refractivity contribution in [2.24, 2.45) is 0 Å². The van der Waals surface area contributed by atoms with Crippen molar-refractivity contribution in [1.29, 1.82) is 0 Å². The highest BCUT2D eigenvalue weighted by Crippen LogP contribution is 2.41. The highest BCUT2D eigenvalue weighted by Gasteiger charge is 2.46. The number of piperazine rings is 1. The molecule has 9 nitrogen and oxygen atoms in total. The van der Waals surface area contributed by atoms with Gasteiger partial charge in [-0.15, -0.1) is 0 Å². The van der Waals surface area contributed by atoms with Crippen molar-refractivity contribution >= 4 is 39.8 Å². The number of benzene rings is 2. The summed E-state index contributed by atoms with van der Waals surface area (Å²) in [7, 11) is 4.18. The molecule has 3 aliphatic rings. The van der Waals surface area contributed by atoms with E-state index in [2.05, 4.69) is 64.5 Å². The molecule has 0 radical (unpaired) electrons. The molecule has 2 aliphatic heterocycles. The van der Waals surface area contributed by atoms with Gasteiger partial charge < -0.3 is 29.2 Å². The fourth-order valence-corrected chi connectivity index (χ4v) is 6.52. The van der Waals surface area contributed by atoms with Crippen LogP contribution in [0.15, 0.2) is 49.1 Å². The van der Waals surface area contributed by atoms with Crippen molar-refractivity contribution in [3.05, 3.63) is 76.8 Å². The Morgan fingerprint density at radius 3 is 2.69 bits per heavy atom. The average Bonchev–Trinajstić information content (AvgIpc) is 3.80. The van der Waals surface area contributed by atoms with E-state index in [1.807, 2.05) is 12.1 Å². The Hall–Kier alpha value is -3.87. The standard InChI is InChI=1S/C32H36ClN7O2/c1-5-28(41)40-17-16-39(19-23(40)18-34-2)30-24-12-15-38(27-11-7-9-22-8-6-10-25(33)29(22)27)20-26(24)35-31(36-30)42-21-32(13-14-32)37(3)4/h5-11,23H,1,12-21H2,3-4H3/t23-/m0/s1. The van der Waals surface area contributed by atoms with E-state index in [0.717, 1.165) is 64.4 Å². The van der Waals surface area contributed by atoms with Crippen LogP contribution in [0, 0.1) is 6.57 Å². The topological polar surface area (TPSA) is 69.4 Å². The maximum Gasteiger partial charge on any atom is 0.318 e. The minimum atomic E-state index is -0.238. The van der Waals surface area contributed by atoms with Crippen LogP contribution in [0.3, 0.4) is 0 Å². The number of rotatable bonds is 8. The third kappa shape index (κ3) is 5.25. The molecule has 0 unspecified atom stereocenters. The lowest BCUT2D eigenvalue weighted by molar-refractivity contribution is -0.128. The van der Waals surface area contributed by atoms with E-state index in [9.17, 15) is 4.79 Å². The molecule has 1 saturated heterocycles. The molecule has 1 amide bonds. The first-order valence-corrected chi connectivity index (χ1v) is 14.8. The van der Waals surface area contributed by atoms with Crippen molar-refractivity contribution in [1.82, 2.24) is 19.8 Å². The van der Waals surface area contributed by atoms with E-state index >= 15 is 0 Å². The normalized spacial score (nSPS) is 19.4. The fraction of sp³-hybridized carbons (Fsp3) is 0.438. The molecule has 1 aromatic heterocycles. The Bertz CT molecular complexity index is 1560. The number of nitrogens with zero attached hydrogens (tertiary/aromatic N) is 7. The molecule has 1 aliphatic carbocycles. The summed E-state index contributed by atoms with van der Waals surface area (Å²) >= 11 is 6.69. The van der Waals surface area contributed by atoms with Gasteiger partial charge in [0.05, 0.1) is 22.8 Å². The van der Waals surface area contributed by atoms with Crippen molar-refractivity contribution in [2.75, 3.05) is 63.2 Å². The predicted octanol–water partition coefficient (Wildman–Crippen LogP) is 4.44.